The van der Waals surface area contributed by atoms with Crippen molar-refractivity contribution in [3.8, 4) is 0 Å². The number of aromatic amines is 1. The topological polar surface area (TPSA) is 81.2 Å². The Labute approximate surface area is 94.6 Å². The highest BCUT2D eigenvalue weighted by atomic mass is 16.4. The van der Waals surface area contributed by atoms with E-state index in [1.54, 1.807) is 6.92 Å². The Morgan fingerprint density at radius 3 is 2.81 bits per heavy atom. The Morgan fingerprint density at radius 1 is 1.56 bits per heavy atom. The molecule has 6 heteroatoms. The maximum Gasteiger partial charge on any atom is 0.341 e. The van der Waals surface area contributed by atoms with Crippen LogP contribution in [0.25, 0.3) is 0 Å². The van der Waals surface area contributed by atoms with Gasteiger partial charge in [0.15, 0.2) is 5.82 Å². The SMILES string of the molecule is Cc1[nH]nc(NCCCN(C)C)c1C(=O)O. The molecule has 0 atom stereocenters. The van der Waals surface area contributed by atoms with Crippen LogP contribution in [0.5, 0.6) is 0 Å². The Hall–Kier alpha value is -1.56. The number of carbonyl (C=O) groups is 1. The predicted molar refractivity (Wildman–Crippen MR) is 61.9 cm³/mol. The van der Waals surface area contributed by atoms with Crippen LogP contribution in [-0.4, -0.2) is 53.4 Å². The van der Waals surface area contributed by atoms with E-state index in [-0.39, 0.29) is 5.56 Å². The number of nitrogens with one attached hydrogen (secondary N) is 2. The maximum absolute atomic E-state index is 10.9. The van der Waals surface area contributed by atoms with E-state index in [0.717, 1.165) is 13.0 Å². The molecule has 0 aliphatic heterocycles. The second-order valence-electron chi connectivity index (χ2n) is 3.96. The number of hydrogen-bond acceptors (Lipinski definition) is 4. The number of hydrogen-bond donors (Lipinski definition) is 3. The minimum absolute atomic E-state index is 0.227. The molecule has 0 aliphatic rings. The standard InChI is InChI=1S/C10H18N4O2/c1-7-8(10(15)16)9(13-12-7)11-5-4-6-14(2)3/h4-6H2,1-3H3,(H,15,16)(H2,11,12,13). The first-order valence-electron chi connectivity index (χ1n) is 5.19. The van der Waals surface area contributed by atoms with Crippen LogP contribution in [0.15, 0.2) is 0 Å². The molecule has 0 aliphatic carbocycles. The third-order valence-electron chi connectivity index (χ3n) is 2.24. The minimum atomic E-state index is -0.957. The third kappa shape index (κ3) is 3.23. The summed E-state index contributed by atoms with van der Waals surface area (Å²) in [6, 6.07) is 0. The van der Waals surface area contributed by atoms with Gasteiger partial charge in [-0.25, -0.2) is 4.79 Å². The molecule has 0 spiro atoms. The summed E-state index contributed by atoms with van der Waals surface area (Å²) < 4.78 is 0. The Bertz CT molecular complexity index is 360. The Kier molecular flexibility index (Phi) is 4.30. The van der Waals surface area contributed by atoms with Gasteiger partial charge in [-0.3, -0.25) is 5.10 Å². The summed E-state index contributed by atoms with van der Waals surface area (Å²) in [6.45, 7) is 3.36. The fraction of sp³-hybridized carbons (Fsp3) is 0.600. The molecule has 0 saturated heterocycles. The molecular formula is C10H18N4O2. The summed E-state index contributed by atoms with van der Waals surface area (Å²) in [5.41, 5.74) is 0.799. The number of carboxylic acid groups (broad SMARTS) is 1. The van der Waals surface area contributed by atoms with Crippen molar-refractivity contribution in [2.45, 2.75) is 13.3 Å². The van der Waals surface area contributed by atoms with Crippen LogP contribution in [0.3, 0.4) is 0 Å². The molecule has 1 aromatic rings. The highest BCUT2D eigenvalue weighted by molar-refractivity contribution is 5.94. The van der Waals surface area contributed by atoms with Crippen LogP contribution in [0.4, 0.5) is 5.82 Å². The normalized spacial score (nSPS) is 10.8. The van der Waals surface area contributed by atoms with Crippen molar-refractivity contribution in [3.63, 3.8) is 0 Å². The smallest absolute Gasteiger partial charge is 0.341 e. The third-order valence-corrected chi connectivity index (χ3v) is 2.24. The zero-order valence-electron chi connectivity index (χ0n) is 9.87. The molecular weight excluding hydrogens is 208 g/mol. The van der Waals surface area contributed by atoms with Gasteiger partial charge in [-0.1, -0.05) is 0 Å². The lowest BCUT2D eigenvalue weighted by Crippen LogP contribution is -2.17. The molecule has 1 rings (SSSR count). The number of anilines is 1. The Morgan fingerprint density at radius 2 is 2.25 bits per heavy atom. The molecule has 0 unspecified atom stereocenters. The first-order valence-corrected chi connectivity index (χ1v) is 5.19. The van der Waals surface area contributed by atoms with Crippen molar-refractivity contribution < 1.29 is 9.90 Å². The van der Waals surface area contributed by atoms with Crippen molar-refractivity contribution in [1.82, 2.24) is 15.1 Å². The molecule has 0 aromatic carbocycles. The highest BCUT2D eigenvalue weighted by Gasteiger charge is 2.16. The quantitative estimate of drug-likeness (QED) is 0.624. The molecule has 3 N–H and O–H groups in total. The fourth-order valence-electron chi connectivity index (χ4n) is 1.42. The number of nitrogens with zero attached hydrogens (tertiary/aromatic N) is 2. The summed E-state index contributed by atoms with van der Waals surface area (Å²) in [7, 11) is 4.00. The van der Waals surface area contributed by atoms with Crippen molar-refractivity contribution in [1.29, 1.82) is 0 Å². The number of rotatable bonds is 6. The zero-order valence-corrected chi connectivity index (χ0v) is 9.87. The van der Waals surface area contributed by atoms with Gasteiger partial charge in [0.05, 0.1) is 0 Å². The molecule has 6 nitrogen and oxygen atoms in total. The van der Waals surface area contributed by atoms with Crippen LogP contribution >= 0.6 is 0 Å². The number of aromatic nitrogens is 2. The van der Waals surface area contributed by atoms with Gasteiger partial charge in [0.2, 0.25) is 0 Å². The first kappa shape index (κ1) is 12.5. The zero-order chi connectivity index (χ0) is 12.1. The van der Waals surface area contributed by atoms with E-state index in [1.807, 2.05) is 14.1 Å². The van der Waals surface area contributed by atoms with E-state index in [9.17, 15) is 4.79 Å². The molecule has 1 heterocycles. The molecule has 90 valence electrons. The summed E-state index contributed by atoms with van der Waals surface area (Å²) in [5, 5.41) is 18.6. The fourth-order valence-corrected chi connectivity index (χ4v) is 1.42. The second-order valence-corrected chi connectivity index (χ2v) is 3.96. The van der Waals surface area contributed by atoms with E-state index in [0.29, 0.717) is 18.1 Å². The molecule has 0 amide bonds. The lowest BCUT2D eigenvalue weighted by Gasteiger charge is -2.09. The van der Waals surface area contributed by atoms with Crippen LogP contribution in [0.1, 0.15) is 22.5 Å². The summed E-state index contributed by atoms with van der Waals surface area (Å²) in [6.07, 6.45) is 0.942. The average molecular weight is 226 g/mol. The second kappa shape index (κ2) is 5.50. The van der Waals surface area contributed by atoms with Gasteiger partial charge in [-0.05, 0) is 34.0 Å². The van der Waals surface area contributed by atoms with Gasteiger partial charge >= 0.3 is 5.97 Å². The molecule has 0 bridgehead atoms. The van der Waals surface area contributed by atoms with Crippen LogP contribution in [-0.2, 0) is 0 Å². The highest BCUT2D eigenvalue weighted by Crippen LogP contribution is 2.15. The van der Waals surface area contributed by atoms with Crippen molar-refractivity contribution in [2.24, 2.45) is 0 Å². The van der Waals surface area contributed by atoms with Gasteiger partial charge in [-0.2, -0.15) is 5.10 Å². The van der Waals surface area contributed by atoms with Gasteiger partial charge in [-0.15, -0.1) is 0 Å². The van der Waals surface area contributed by atoms with Gasteiger partial charge < -0.3 is 15.3 Å². The number of H-pyrrole nitrogens is 1. The maximum atomic E-state index is 10.9. The van der Waals surface area contributed by atoms with Crippen LogP contribution in [0.2, 0.25) is 0 Å². The number of aromatic carboxylic acids is 1. The first-order chi connectivity index (χ1) is 7.52. The minimum Gasteiger partial charge on any atom is -0.477 e. The predicted octanol–water partition coefficient (Wildman–Crippen LogP) is 0.780. The number of aryl methyl sites for hydroxylation is 1. The molecule has 0 fully saturated rings. The van der Waals surface area contributed by atoms with E-state index in [1.165, 1.54) is 0 Å². The Balaban J connectivity index is 2.51. The van der Waals surface area contributed by atoms with Gasteiger partial charge in [0, 0.05) is 12.2 Å². The van der Waals surface area contributed by atoms with Gasteiger partial charge in [0.25, 0.3) is 0 Å². The summed E-state index contributed by atoms with van der Waals surface area (Å²) in [5.74, 6) is -0.537. The van der Waals surface area contributed by atoms with Crippen LogP contribution in [0, 0.1) is 6.92 Å². The molecule has 0 saturated carbocycles. The van der Waals surface area contributed by atoms with Gasteiger partial charge in [0.1, 0.15) is 5.56 Å². The van der Waals surface area contributed by atoms with Crippen molar-refractivity contribution >= 4 is 11.8 Å². The lowest BCUT2D eigenvalue weighted by atomic mass is 10.2. The molecule has 1 aromatic heterocycles. The monoisotopic (exact) mass is 226 g/mol. The van der Waals surface area contributed by atoms with E-state index < -0.39 is 5.97 Å². The largest absolute Gasteiger partial charge is 0.477 e. The van der Waals surface area contributed by atoms with Crippen molar-refractivity contribution in [3.05, 3.63) is 11.3 Å². The summed E-state index contributed by atoms with van der Waals surface area (Å²) >= 11 is 0. The van der Waals surface area contributed by atoms with E-state index in [4.69, 9.17) is 5.11 Å². The lowest BCUT2D eigenvalue weighted by molar-refractivity contribution is 0.0697. The van der Waals surface area contributed by atoms with E-state index in [2.05, 4.69) is 20.4 Å². The molecule has 16 heavy (non-hydrogen) atoms. The van der Waals surface area contributed by atoms with Crippen LogP contribution < -0.4 is 5.32 Å². The van der Waals surface area contributed by atoms with E-state index >= 15 is 0 Å². The number of carboxylic acids is 1. The summed E-state index contributed by atoms with van der Waals surface area (Å²) in [4.78, 5) is 13.0. The molecule has 0 radical (unpaired) electrons. The average Bonchev–Trinajstić information content (AvgIpc) is 2.54. The van der Waals surface area contributed by atoms with Crippen molar-refractivity contribution in [2.75, 3.05) is 32.5 Å².